The molecule has 2 rings (SSSR count). The van der Waals surface area contributed by atoms with E-state index >= 15 is 0 Å². The predicted octanol–water partition coefficient (Wildman–Crippen LogP) is 2.91. The highest BCUT2D eigenvalue weighted by Crippen LogP contribution is 2.28. The van der Waals surface area contributed by atoms with Gasteiger partial charge in [-0.05, 0) is 24.3 Å². The highest BCUT2D eigenvalue weighted by molar-refractivity contribution is 7.92. The monoisotopic (exact) mass is 335 g/mol. The first-order valence-electron chi connectivity index (χ1n) is 5.19. The zero-order valence-corrected chi connectivity index (χ0v) is 12.1. The lowest BCUT2D eigenvalue weighted by molar-refractivity contribution is 0.573. The van der Waals surface area contributed by atoms with Crippen molar-refractivity contribution in [3.8, 4) is 0 Å². The van der Waals surface area contributed by atoms with Crippen LogP contribution in [0, 0.1) is 5.82 Å². The van der Waals surface area contributed by atoms with Crippen molar-refractivity contribution >= 4 is 44.7 Å². The molecule has 0 aliphatic carbocycles. The molecule has 5 nitrogen and oxygen atoms in total. The first-order valence-corrected chi connectivity index (χ1v) is 7.43. The zero-order chi connectivity index (χ0) is 14.9. The van der Waals surface area contributed by atoms with E-state index in [1.54, 1.807) is 0 Å². The number of sulfonamides is 1. The molecule has 106 valence electrons. The average molecular weight is 336 g/mol. The standard InChI is InChI=1S/C11H8Cl2FN3O2S/c12-6-4-8(15)10(14)9(5-6)20(18,19)17-11-7(13)2-1-3-16-11/h1-5H,15H2,(H,16,17). The number of benzene rings is 1. The highest BCUT2D eigenvalue weighted by atomic mass is 35.5. The largest absolute Gasteiger partial charge is 0.396 e. The van der Waals surface area contributed by atoms with E-state index in [0.717, 1.165) is 12.1 Å². The molecule has 0 fully saturated rings. The predicted molar refractivity (Wildman–Crippen MR) is 75.9 cm³/mol. The molecule has 0 unspecified atom stereocenters. The first kappa shape index (κ1) is 14.8. The number of aromatic nitrogens is 1. The molecule has 1 heterocycles. The molecular weight excluding hydrogens is 328 g/mol. The molecule has 1 aromatic carbocycles. The first-order chi connectivity index (χ1) is 9.31. The van der Waals surface area contributed by atoms with Crippen LogP contribution in [0.2, 0.25) is 10.0 Å². The number of hydrogen-bond acceptors (Lipinski definition) is 4. The maximum absolute atomic E-state index is 13.8. The van der Waals surface area contributed by atoms with Crippen molar-refractivity contribution in [3.63, 3.8) is 0 Å². The summed E-state index contributed by atoms with van der Waals surface area (Å²) in [5.74, 6) is -1.21. The van der Waals surface area contributed by atoms with Crippen LogP contribution in [0.1, 0.15) is 0 Å². The van der Waals surface area contributed by atoms with E-state index in [4.69, 9.17) is 28.9 Å². The lowest BCUT2D eigenvalue weighted by Crippen LogP contribution is -2.16. The second kappa shape index (κ2) is 5.43. The summed E-state index contributed by atoms with van der Waals surface area (Å²) in [6.07, 6.45) is 1.34. The Labute approximate surface area is 124 Å². The molecule has 9 heteroatoms. The van der Waals surface area contributed by atoms with Crippen LogP contribution in [0.5, 0.6) is 0 Å². The van der Waals surface area contributed by atoms with Gasteiger partial charge in [0.2, 0.25) is 0 Å². The van der Waals surface area contributed by atoms with Crippen molar-refractivity contribution in [2.45, 2.75) is 4.90 Å². The van der Waals surface area contributed by atoms with Crippen LogP contribution in [-0.4, -0.2) is 13.4 Å². The average Bonchev–Trinajstić information content (AvgIpc) is 2.36. The van der Waals surface area contributed by atoms with Crippen LogP contribution < -0.4 is 10.5 Å². The molecule has 0 spiro atoms. The third-order valence-electron chi connectivity index (χ3n) is 2.31. The minimum Gasteiger partial charge on any atom is -0.396 e. The van der Waals surface area contributed by atoms with Gasteiger partial charge in [-0.2, -0.15) is 0 Å². The number of hydrogen-bond donors (Lipinski definition) is 2. The number of nitrogens with zero attached hydrogens (tertiary/aromatic N) is 1. The topological polar surface area (TPSA) is 85.1 Å². The van der Waals surface area contributed by atoms with Gasteiger partial charge in [-0.25, -0.2) is 17.8 Å². The van der Waals surface area contributed by atoms with Gasteiger partial charge in [0.15, 0.2) is 11.6 Å². The number of nitrogen functional groups attached to an aromatic ring is 1. The van der Waals surface area contributed by atoms with Gasteiger partial charge in [0, 0.05) is 11.2 Å². The lowest BCUT2D eigenvalue weighted by atomic mass is 10.3. The molecule has 0 radical (unpaired) electrons. The summed E-state index contributed by atoms with van der Waals surface area (Å²) in [4.78, 5) is 3.08. The summed E-state index contributed by atoms with van der Waals surface area (Å²) < 4.78 is 40.1. The minimum atomic E-state index is -4.25. The summed E-state index contributed by atoms with van der Waals surface area (Å²) in [6, 6.07) is 5.03. The van der Waals surface area contributed by atoms with Crippen molar-refractivity contribution in [1.82, 2.24) is 4.98 Å². The second-order valence-corrected chi connectivity index (χ2v) is 6.24. The quantitative estimate of drug-likeness (QED) is 0.844. The van der Waals surface area contributed by atoms with Crippen molar-refractivity contribution < 1.29 is 12.8 Å². The van der Waals surface area contributed by atoms with E-state index < -0.39 is 20.7 Å². The van der Waals surface area contributed by atoms with Gasteiger partial charge in [0.1, 0.15) is 4.90 Å². The lowest BCUT2D eigenvalue weighted by Gasteiger charge is -2.10. The van der Waals surface area contributed by atoms with E-state index in [1.165, 1.54) is 18.3 Å². The smallest absolute Gasteiger partial charge is 0.266 e. The summed E-state index contributed by atoms with van der Waals surface area (Å²) in [6.45, 7) is 0. The fourth-order valence-corrected chi connectivity index (χ4v) is 3.10. The number of pyridine rings is 1. The molecule has 0 atom stereocenters. The Morgan fingerprint density at radius 1 is 1.30 bits per heavy atom. The Bertz CT molecular complexity index is 768. The molecule has 0 saturated carbocycles. The van der Waals surface area contributed by atoms with Gasteiger partial charge < -0.3 is 5.73 Å². The summed E-state index contributed by atoms with van der Waals surface area (Å²) >= 11 is 11.5. The number of anilines is 2. The Kier molecular flexibility index (Phi) is 4.03. The van der Waals surface area contributed by atoms with Crippen LogP contribution in [0.3, 0.4) is 0 Å². The molecule has 20 heavy (non-hydrogen) atoms. The van der Waals surface area contributed by atoms with Gasteiger partial charge in [0.05, 0.1) is 10.7 Å². The molecule has 0 aliphatic rings. The van der Waals surface area contributed by atoms with Crippen LogP contribution >= 0.6 is 23.2 Å². The minimum absolute atomic E-state index is 0.00334. The molecule has 2 aromatic rings. The molecule has 3 N–H and O–H groups in total. The number of rotatable bonds is 3. The molecule has 0 saturated heterocycles. The highest BCUT2D eigenvalue weighted by Gasteiger charge is 2.23. The van der Waals surface area contributed by atoms with Crippen LogP contribution in [0.25, 0.3) is 0 Å². The molecule has 0 aliphatic heterocycles. The third-order valence-corrected chi connectivity index (χ3v) is 4.17. The fraction of sp³-hybridized carbons (Fsp3) is 0. The normalized spacial score (nSPS) is 11.3. The van der Waals surface area contributed by atoms with Gasteiger partial charge in [0.25, 0.3) is 10.0 Å². The van der Waals surface area contributed by atoms with Crippen molar-refractivity contribution in [3.05, 3.63) is 46.3 Å². The zero-order valence-electron chi connectivity index (χ0n) is 9.77. The molecule has 0 amide bonds. The summed E-state index contributed by atoms with van der Waals surface area (Å²) in [7, 11) is -4.25. The Morgan fingerprint density at radius 2 is 2.00 bits per heavy atom. The van der Waals surface area contributed by atoms with Gasteiger partial charge in [-0.1, -0.05) is 23.2 Å². The Hall–Kier alpha value is -1.57. The van der Waals surface area contributed by atoms with E-state index in [2.05, 4.69) is 9.71 Å². The van der Waals surface area contributed by atoms with Crippen LogP contribution in [-0.2, 0) is 10.0 Å². The van der Waals surface area contributed by atoms with Crippen molar-refractivity contribution in [2.24, 2.45) is 0 Å². The van der Waals surface area contributed by atoms with Crippen LogP contribution in [0.15, 0.2) is 35.4 Å². The fourth-order valence-electron chi connectivity index (χ4n) is 1.42. The van der Waals surface area contributed by atoms with Gasteiger partial charge in [-0.3, -0.25) is 4.72 Å². The second-order valence-electron chi connectivity index (χ2n) is 3.75. The van der Waals surface area contributed by atoms with E-state index in [-0.39, 0.29) is 21.6 Å². The van der Waals surface area contributed by atoms with E-state index in [1.807, 2.05) is 0 Å². The van der Waals surface area contributed by atoms with Crippen molar-refractivity contribution in [1.29, 1.82) is 0 Å². The Morgan fingerprint density at radius 3 is 2.65 bits per heavy atom. The third kappa shape index (κ3) is 2.95. The summed E-state index contributed by atoms with van der Waals surface area (Å²) in [5.41, 5.74) is 4.98. The molecule has 1 aromatic heterocycles. The summed E-state index contributed by atoms with van der Waals surface area (Å²) in [5, 5.41) is 0.0721. The van der Waals surface area contributed by atoms with E-state index in [9.17, 15) is 12.8 Å². The maximum Gasteiger partial charge on any atom is 0.266 e. The number of nitrogens with two attached hydrogens (primary N) is 1. The van der Waals surface area contributed by atoms with Crippen molar-refractivity contribution in [2.75, 3.05) is 10.5 Å². The molecule has 0 bridgehead atoms. The van der Waals surface area contributed by atoms with E-state index in [0.29, 0.717) is 0 Å². The maximum atomic E-state index is 13.8. The Balaban J connectivity index is 2.49. The van der Waals surface area contributed by atoms with Crippen LogP contribution in [0.4, 0.5) is 15.9 Å². The van der Waals surface area contributed by atoms with Gasteiger partial charge in [-0.15, -0.1) is 0 Å². The van der Waals surface area contributed by atoms with Gasteiger partial charge >= 0.3 is 0 Å². The number of halogens is 3. The molecular formula is C11H8Cl2FN3O2S. The number of nitrogens with one attached hydrogen (secondary N) is 1. The SMILES string of the molecule is Nc1cc(Cl)cc(S(=O)(=O)Nc2ncccc2Cl)c1F.